The van der Waals surface area contributed by atoms with Crippen molar-refractivity contribution < 1.29 is 9.84 Å². The molecule has 2 unspecified atom stereocenters. The Balaban J connectivity index is 1.04. The van der Waals surface area contributed by atoms with Gasteiger partial charge in [-0.3, -0.25) is 9.88 Å². The number of pyridine rings is 1. The summed E-state index contributed by atoms with van der Waals surface area (Å²) in [6.45, 7) is 2.72. The number of ether oxygens (including phenoxy) is 1. The molecule has 4 aromatic rings. The number of piperazine rings is 1. The van der Waals surface area contributed by atoms with Crippen molar-refractivity contribution in [2.45, 2.75) is 37.5 Å². The summed E-state index contributed by atoms with van der Waals surface area (Å²) >= 11 is 6.12. The van der Waals surface area contributed by atoms with Gasteiger partial charge in [0, 0.05) is 54.0 Å². The summed E-state index contributed by atoms with van der Waals surface area (Å²) in [4.78, 5) is 9.45. The second-order valence-corrected chi connectivity index (χ2v) is 11.4. The van der Waals surface area contributed by atoms with Crippen molar-refractivity contribution in [1.29, 1.82) is 0 Å². The average Bonchev–Trinajstić information content (AvgIpc) is 3.30. The van der Waals surface area contributed by atoms with Crippen molar-refractivity contribution in [3.63, 3.8) is 0 Å². The molecule has 4 aliphatic rings. The Morgan fingerprint density at radius 3 is 2.69 bits per heavy atom. The van der Waals surface area contributed by atoms with E-state index in [1.54, 1.807) is 6.20 Å². The SMILES string of the molecule is O[C@H](COc1ccnc2cc(Cl)ccc12)CN1CC2CC=CCC1CN2c1ccc2c(c1)Cc1ccccc1-2. The van der Waals surface area contributed by atoms with Crippen molar-refractivity contribution in [2.75, 3.05) is 31.1 Å². The van der Waals surface area contributed by atoms with Crippen LogP contribution in [0.4, 0.5) is 5.69 Å². The average molecular weight is 538 g/mol. The summed E-state index contributed by atoms with van der Waals surface area (Å²) in [5, 5.41) is 12.6. The molecule has 1 saturated heterocycles. The van der Waals surface area contributed by atoms with Crippen molar-refractivity contribution >= 4 is 28.2 Å². The lowest BCUT2D eigenvalue weighted by molar-refractivity contribution is 0.0408. The number of halogens is 1. The predicted octanol–water partition coefficient (Wildman–Crippen LogP) is 6.11. The van der Waals surface area contributed by atoms with Crippen molar-refractivity contribution in [3.05, 3.63) is 101 Å². The van der Waals surface area contributed by atoms with E-state index < -0.39 is 6.10 Å². The number of rotatable bonds is 6. The highest BCUT2D eigenvalue weighted by Gasteiger charge is 2.35. The molecule has 3 atom stereocenters. The minimum absolute atomic E-state index is 0.237. The Hall–Kier alpha value is -3.38. The van der Waals surface area contributed by atoms with Gasteiger partial charge in [-0.15, -0.1) is 0 Å². The first-order chi connectivity index (χ1) is 19.1. The number of anilines is 1. The largest absolute Gasteiger partial charge is 0.490 e. The molecule has 1 N–H and O–H groups in total. The van der Waals surface area contributed by atoms with Crippen molar-refractivity contribution in [2.24, 2.45) is 0 Å². The van der Waals surface area contributed by atoms with E-state index in [0.717, 1.165) is 49.0 Å². The number of hydrogen-bond donors (Lipinski definition) is 1. The third-order valence-electron chi connectivity index (χ3n) is 8.44. The Morgan fingerprint density at radius 2 is 1.77 bits per heavy atom. The van der Waals surface area contributed by atoms with Gasteiger partial charge in [-0.1, -0.05) is 54.1 Å². The second kappa shape index (κ2) is 10.3. The van der Waals surface area contributed by atoms with Crippen LogP contribution in [0.15, 0.2) is 85.1 Å². The normalized spacial score (nSPS) is 20.9. The first-order valence-corrected chi connectivity index (χ1v) is 14.2. The number of aliphatic hydroxyl groups excluding tert-OH is 1. The van der Waals surface area contributed by atoms with Crippen LogP contribution in [0.25, 0.3) is 22.0 Å². The van der Waals surface area contributed by atoms with Crippen molar-refractivity contribution in [1.82, 2.24) is 9.88 Å². The van der Waals surface area contributed by atoms with E-state index in [4.69, 9.17) is 16.3 Å². The first kappa shape index (κ1) is 24.6. The molecule has 39 heavy (non-hydrogen) atoms. The molecule has 1 fully saturated rings. The van der Waals surface area contributed by atoms with Crippen LogP contribution in [0.2, 0.25) is 5.02 Å². The minimum atomic E-state index is -0.586. The molecule has 1 aliphatic carbocycles. The van der Waals surface area contributed by atoms with Crippen LogP contribution < -0.4 is 9.64 Å². The second-order valence-electron chi connectivity index (χ2n) is 11.0. The van der Waals surface area contributed by atoms with Crippen LogP contribution in [0.1, 0.15) is 24.0 Å². The van der Waals surface area contributed by atoms with E-state index in [2.05, 4.69) is 69.4 Å². The summed E-state index contributed by atoms with van der Waals surface area (Å²) < 4.78 is 6.07. The maximum absolute atomic E-state index is 11.0. The lowest BCUT2D eigenvalue weighted by Crippen LogP contribution is -2.60. The van der Waals surface area contributed by atoms with E-state index >= 15 is 0 Å². The highest BCUT2D eigenvalue weighted by atomic mass is 35.5. The number of benzene rings is 3. The zero-order valence-electron chi connectivity index (χ0n) is 21.8. The summed E-state index contributed by atoms with van der Waals surface area (Å²) in [6, 6.07) is 23.9. The fourth-order valence-corrected chi connectivity index (χ4v) is 6.69. The van der Waals surface area contributed by atoms with Gasteiger partial charge in [0.15, 0.2) is 0 Å². The van der Waals surface area contributed by atoms with Crippen molar-refractivity contribution in [3.8, 4) is 16.9 Å². The predicted molar refractivity (Wildman–Crippen MR) is 158 cm³/mol. The Bertz CT molecular complexity index is 1550. The highest BCUT2D eigenvalue weighted by Crippen LogP contribution is 2.39. The number of fused-ring (bicyclic) bond motifs is 8. The maximum Gasteiger partial charge on any atom is 0.130 e. The third kappa shape index (κ3) is 4.80. The molecule has 8 rings (SSSR count). The third-order valence-corrected chi connectivity index (χ3v) is 8.68. The summed E-state index contributed by atoms with van der Waals surface area (Å²) in [5.41, 5.74) is 7.71. The lowest BCUT2D eigenvalue weighted by atomic mass is 9.95. The van der Waals surface area contributed by atoms with E-state index in [-0.39, 0.29) is 6.61 Å². The van der Waals surface area contributed by atoms with Gasteiger partial charge in [0.2, 0.25) is 0 Å². The molecule has 1 aromatic heterocycles. The lowest BCUT2D eigenvalue weighted by Gasteiger charge is -2.49. The molecule has 198 valence electrons. The quantitative estimate of drug-likeness (QED) is 0.265. The topological polar surface area (TPSA) is 48.8 Å². The van der Waals surface area contributed by atoms with Gasteiger partial charge in [0.05, 0.1) is 5.52 Å². The Morgan fingerprint density at radius 1 is 0.923 bits per heavy atom. The molecule has 4 heterocycles. The van der Waals surface area contributed by atoms with E-state index in [9.17, 15) is 5.11 Å². The molecule has 3 aliphatic heterocycles. The van der Waals surface area contributed by atoms with E-state index in [1.165, 1.54) is 27.9 Å². The Kier molecular flexibility index (Phi) is 6.51. The fraction of sp³-hybridized carbons (Fsp3) is 0.303. The van der Waals surface area contributed by atoms with Gasteiger partial charge >= 0.3 is 0 Å². The van der Waals surface area contributed by atoms with Crippen LogP contribution in [0.3, 0.4) is 0 Å². The number of hydrogen-bond acceptors (Lipinski definition) is 5. The molecule has 0 saturated carbocycles. The smallest absolute Gasteiger partial charge is 0.130 e. The summed E-state index contributed by atoms with van der Waals surface area (Å²) in [5.74, 6) is 0.720. The molecule has 2 bridgehead atoms. The van der Waals surface area contributed by atoms with Gasteiger partial charge in [-0.25, -0.2) is 0 Å². The molecule has 0 amide bonds. The minimum Gasteiger partial charge on any atom is -0.490 e. The number of nitrogens with zero attached hydrogens (tertiary/aromatic N) is 3. The molecule has 6 heteroatoms. The Labute approximate surface area is 234 Å². The fourth-order valence-electron chi connectivity index (χ4n) is 6.52. The van der Waals surface area contributed by atoms with Gasteiger partial charge in [-0.2, -0.15) is 0 Å². The zero-order valence-corrected chi connectivity index (χ0v) is 22.6. The van der Waals surface area contributed by atoms with Crippen LogP contribution in [-0.4, -0.2) is 59.4 Å². The van der Waals surface area contributed by atoms with E-state index in [0.29, 0.717) is 23.7 Å². The molecule has 0 spiro atoms. The molecule has 3 aromatic carbocycles. The highest BCUT2D eigenvalue weighted by molar-refractivity contribution is 6.31. The van der Waals surface area contributed by atoms with Crippen LogP contribution in [0.5, 0.6) is 5.75 Å². The molecular formula is C33H32ClN3O2. The van der Waals surface area contributed by atoms with Gasteiger partial charge < -0.3 is 14.7 Å². The van der Waals surface area contributed by atoms with Crippen LogP contribution >= 0.6 is 11.6 Å². The molecular weight excluding hydrogens is 506 g/mol. The van der Waals surface area contributed by atoms with Crippen LogP contribution in [-0.2, 0) is 6.42 Å². The van der Waals surface area contributed by atoms with Gasteiger partial charge in [-0.05, 0) is 77.9 Å². The molecule has 5 nitrogen and oxygen atoms in total. The zero-order chi connectivity index (χ0) is 26.3. The van der Waals surface area contributed by atoms with Gasteiger partial charge in [0.25, 0.3) is 0 Å². The maximum atomic E-state index is 11.0. The van der Waals surface area contributed by atoms with Gasteiger partial charge in [0.1, 0.15) is 18.5 Å². The summed E-state index contributed by atoms with van der Waals surface area (Å²) in [6.07, 6.45) is 8.80. The number of aromatic nitrogens is 1. The standard InChI is InChI=1S/C33H32ClN3O2/c34-24-9-11-31-32(17-24)35-14-13-33(31)39-21-28(38)20-36-18-27-7-3-2-6-26(36)19-37(27)25-10-12-30-23(16-25)15-22-5-1-4-8-29(22)30/h1-5,8-14,16-17,26-28,38H,6-7,15,18-21H2/t26?,27?,28-/m0/s1. The summed E-state index contributed by atoms with van der Waals surface area (Å²) in [7, 11) is 0. The van der Waals surface area contributed by atoms with Crippen LogP contribution in [0, 0.1) is 0 Å². The molecule has 0 radical (unpaired) electrons. The number of aliphatic hydroxyl groups is 1. The van der Waals surface area contributed by atoms with E-state index in [1.807, 2.05) is 24.3 Å². The first-order valence-electron chi connectivity index (χ1n) is 13.8. The monoisotopic (exact) mass is 537 g/mol.